The molecular weight excluding hydrogens is 182 g/mol. The summed E-state index contributed by atoms with van der Waals surface area (Å²) in [4.78, 5) is 2.32. The highest BCUT2D eigenvalue weighted by atomic mass is 35.5. The van der Waals surface area contributed by atoms with E-state index in [1.54, 1.807) is 0 Å². The van der Waals surface area contributed by atoms with Crippen LogP contribution in [0.3, 0.4) is 0 Å². The summed E-state index contributed by atoms with van der Waals surface area (Å²) in [5.41, 5.74) is 2.46. The lowest BCUT2D eigenvalue weighted by atomic mass is 10.2. The Morgan fingerprint density at radius 2 is 1.62 bits per heavy atom. The van der Waals surface area contributed by atoms with Crippen LogP contribution in [0.15, 0.2) is 24.3 Å². The lowest BCUT2D eigenvalue weighted by Gasteiger charge is -2.20. The third kappa shape index (κ3) is 2.63. The van der Waals surface area contributed by atoms with E-state index in [0.717, 1.165) is 13.1 Å². The van der Waals surface area contributed by atoms with E-state index in [2.05, 4.69) is 43.0 Å². The van der Waals surface area contributed by atoms with Crippen molar-refractivity contribution in [2.24, 2.45) is 0 Å². The van der Waals surface area contributed by atoms with E-state index >= 15 is 0 Å². The molecule has 72 valence electrons. The van der Waals surface area contributed by atoms with Gasteiger partial charge in [-0.1, -0.05) is 12.1 Å². The molecule has 0 saturated heterocycles. The predicted octanol–water partition coefficient (Wildman–Crippen LogP) is 3.27. The van der Waals surface area contributed by atoms with Crippen LogP contribution < -0.4 is 4.90 Å². The molecule has 0 fully saturated rings. The Hall–Kier alpha value is -0.690. The standard InChI is InChI=1S/C11H16ClN/c1-3-13(4-2)11-7-5-10(9-12)6-8-11/h5-8H,3-4,9H2,1-2H3. The number of hydrogen-bond acceptors (Lipinski definition) is 1. The van der Waals surface area contributed by atoms with Crippen LogP contribution in [0.2, 0.25) is 0 Å². The van der Waals surface area contributed by atoms with Crippen LogP contribution in [0.5, 0.6) is 0 Å². The van der Waals surface area contributed by atoms with Crippen LogP contribution >= 0.6 is 11.6 Å². The Morgan fingerprint density at radius 3 is 2.00 bits per heavy atom. The SMILES string of the molecule is CCN(CC)c1ccc(CCl)cc1. The first-order chi connectivity index (χ1) is 6.31. The molecular formula is C11H16ClN. The van der Waals surface area contributed by atoms with Crippen LogP contribution in [0.4, 0.5) is 5.69 Å². The van der Waals surface area contributed by atoms with Crippen molar-refractivity contribution >= 4 is 17.3 Å². The van der Waals surface area contributed by atoms with Crippen LogP contribution in [0.25, 0.3) is 0 Å². The highest BCUT2D eigenvalue weighted by molar-refractivity contribution is 6.17. The smallest absolute Gasteiger partial charge is 0.0474 e. The molecule has 0 saturated carbocycles. The van der Waals surface area contributed by atoms with Gasteiger partial charge in [-0.05, 0) is 31.5 Å². The molecule has 0 heterocycles. The molecule has 0 aromatic heterocycles. The molecule has 1 aromatic rings. The lowest BCUT2D eigenvalue weighted by Crippen LogP contribution is -2.21. The molecule has 0 radical (unpaired) electrons. The fraction of sp³-hybridized carbons (Fsp3) is 0.455. The highest BCUT2D eigenvalue weighted by Gasteiger charge is 2.00. The molecule has 0 aliphatic carbocycles. The minimum atomic E-state index is 0.596. The summed E-state index contributed by atoms with van der Waals surface area (Å²) in [7, 11) is 0. The molecule has 0 bridgehead atoms. The molecule has 1 rings (SSSR count). The zero-order valence-corrected chi connectivity index (χ0v) is 9.01. The van der Waals surface area contributed by atoms with Crippen molar-refractivity contribution in [2.45, 2.75) is 19.7 Å². The van der Waals surface area contributed by atoms with E-state index in [4.69, 9.17) is 11.6 Å². The first kappa shape index (κ1) is 10.4. The lowest BCUT2D eigenvalue weighted by molar-refractivity contribution is 0.866. The second-order valence-corrected chi connectivity index (χ2v) is 3.24. The fourth-order valence-corrected chi connectivity index (χ4v) is 1.56. The minimum absolute atomic E-state index is 0.596. The van der Waals surface area contributed by atoms with E-state index in [1.165, 1.54) is 11.3 Å². The third-order valence-electron chi connectivity index (χ3n) is 2.22. The summed E-state index contributed by atoms with van der Waals surface area (Å²) in [6, 6.07) is 8.43. The van der Waals surface area contributed by atoms with Gasteiger partial charge in [-0.25, -0.2) is 0 Å². The number of hydrogen-bond donors (Lipinski definition) is 0. The second kappa shape index (κ2) is 5.13. The molecule has 1 aromatic carbocycles. The average Bonchev–Trinajstić information content (AvgIpc) is 2.21. The first-order valence-electron chi connectivity index (χ1n) is 4.71. The summed E-state index contributed by atoms with van der Waals surface area (Å²) < 4.78 is 0. The van der Waals surface area contributed by atoms with Gasteiger partial charge in [0.2, 0.25) is 0 Å². The van der Waals surface area contributed by atoms with E-state index < -0.39 is 0 Å². The first-order valence-corrected chi connectivity index (χ1v) is 5.25. The number of halogens is 1. The monoisotopic (exact) mass is 197 g/mol. The highest BCUT2D eigenvalue weighted by Crippen LogP contribution is 2.15. The van der Waals surface area contributed by atoms with Crippen molar-refractivity contribution in [1.82, 2.24) is 0 Å². The zero-order chi connectivity index (χ0) is 9.68. The predicted molar refractivity (Wildman–Crippen MR) is 59.6 cm³/mol. The van der Waals surface area contributed by atoms with Gasteiger partial charge in [0, 0.05) is 24.7 Å². The molecule has 13 heavy (non-hydrogen) atoms. The maximum Gasteiger partial charge on any atom is 0.0474 e. The van der Waals surface area contributed by atoms with Crippen molar-refractivity contribution in [2.75, 3.05) is 18.0 Å². The fourth-order valence-electron chi connectivity index (χ4n) is 1.38. The van der Waals surface area contributed by atoms with Crippen molar-refractivity contribution < 1.29 is 0 Å². The van der Waals surface area contributed by atoms with Crippen molar-refractivity contribution in [3.8, 4) is 0 Å². The van der Waals surface area contributed by atoms with Crippen LogP contribution in [-0.2, 0) is 5.88 Å². The van der Waals surface area contributed by atoms with Gasteiger partial charge >= 0.3 is 0 Å². The molecule has 0 unspecified atom stereocenters. The second-order valence-electron chi connectivity index (χ2n) is 2.97. The Bertz CT molecular complexity index is 239. The topological polar surface area (TPSA) is 3.24 Å². The molecule has 1 nitrogen and oxygen atoms in total. The zero-order valence-electron chi connectivity index (χ0n) is 8.26. The molecule has 0 aliphatic rings. The van der Waals surface area contributed by atoms with Gasteiger partial charge in [0.25, 0.3) is 0 Å². The number of anilines is 1. The van der Waals surface area contributed by atoms with Gasteiger partial charge in [0.05, 0.1) is 0 Å². The Morgan fingerprint density at radius 1 is 1.08 bits per heavy atom. The summed E-state index contributed by atoms with van der Waals surface area (Å²) in [5, 5.41) is 0. The average molecular weight is 198 g/mol. The summed E-state index contributed by atoms with van der Waals surface area (Å²) in [5.74, 6) is 0.596. The Kier molecular flexibility index (Phi) is 4.10. The molecule has 0 atom stereocenters. The molecule has 2 heteroatoms. The van der Waals surface area contributed by atoms with Gasteiger partial charge in [-0.15, -0.1) is 11.6 Å². The van der Waals surface area contributed by atoms with E-state index in [-0.39, 0.29) is 0 Å². The normalized spacial score (nSPS) is 10.1. The summed E-state index contributed by atoms with van der Waals surface area (Å²) in [6.07, 6.45) is 0. The number of benzene rings is 1. The molecule has 0 amide bonds. The minimum Gasteiger partial charge on any atom is -0.372 e. The van der Waals surface area contributed by atoms with Crippen molar-refractivity contribution in [3.63, 3.8) is 0 Å². The number of alkyl halides is 1. The van der Waals surface area contributed by atoms with Gasteiger partial charge < -0.3 is 4.90 Å². The number of nitrogens with zero attached hydrogens (tertiary/aromatic N) is 1. The van der Waals surface area contributed by atoms with Crippen molar-refractivity contribution in [1.29, 1.82) is 0 Å². The maximum atomic E-state index is 5.71. The van der Waals surface area contributed by atoms with Gasteiger partial charge in [0.1, 0.15) is 0 Å². The number of rotatable bonds is 4. The van der Waals surface area contributed by atoms with Gasteiger partial charge in [-0.2, -0.15) is 0 Å². The van der Waals surface area contributed by atoms with E-state index in [0.29, 0.717) is 5.88 Å². The third-order valence-corrected chi connectivity index (χ3v) is 2.53. The van der Waals surface area contributed by atoms with E-state index in [9.17, 15) is 0 Å². The van der Waals surface area contributed by atoms with Crippen molar-refractivity contribution in [3.05, 3.63) is 29.8 Å². The van der Waals surface area contributed by atoms with Crippen LogP contribution in [-0.4, -0.2) is 13.1 Å². The quantitative estimate of drug-likeness (QED) is 0.670. The van der Waals surface area contributed by atoms with Crippen LogP contribution in [0, 0.1) is 0 Å². The Labute approximate surface area is 85.3 Å². The van der Waals surface area contributed by atoms with Crippen LogP contribution in [0.1, 0.15) is 19.4 Å². The molecule has 0 N–H and O–H groups in total. The van der Waals surface area contributed by atoms with Gasteiger partial charge in [-0.3, -0.25) is 0 Å². The summed E-state index contributed by atoms with van der Waals surface area (Å²) >= 11 is 5.71. The Balaban J connectivity index is 2.78. The van der Waals surface area contributed by atoms with Gasteiger partial charge in [0.15, 0.2) is 0 Å². The van der Waals surface area contributed by atoms with E-state index in [1.807, 2.05) is 0 Å². The summed E-state index contributed by atoms with van der Waals surface area (Å²) in [6.45, 7) is 6.44. The largest absolute Gasteiger partial charge is 0.372 e. The molecule has 0 spiro atoms. The maximum absolute atomic E-state index is 5.71. The molecule has 0 aliphatic heterocycles.